The lowest BCUT2D eigenvalue weighted by Crippen LogP contribution is -2.28. The van der Waals surface area contributed by atoms with Gasteiger partial charge in [0, 0.05) is 44.8 Å². The van der Waals surface area contributed by atoms with Crippen LogP contribution in [0.25, 0.3) is 0 Å². The van der Waals surface area contributed by atoms with Gasteiger partial charge >= 0.3 is 17.9 Å². The van der Waals surface area contributed by atoms with Gasteiger partial charge in [0.1, 0.15) is 11.4 Å². The van der Waals surface area contributed by atoms with Crippen molar-refractivity contribution in [3.8, 4) is 0 Å². The number of likely N-dealkylation sites (tertiary alicyclic amines) is 2. The van der Waals surface area contributed by atoms with Gasteiger partial charge in [0.2, 0.25) is 23.5 Å². The van der Waals surface area contributed by atoms with Crippen molar-refractivity contribution in [3.05, 3.63) is 23.5 Å². The Bertz CT molecular complexity index is 910. The Morgan fingerprint density at radius 3 is 1.25 bits per heavy atom. The van der Waals surface area contributed by atoms with Gasteiger partial charge in [-0.1, -0.05) is 40.9 Å². The summed E-state index contributed by atoms with van der Waals surface area (Å²) in [7, 11) is 0. The van der Waals surface area contributed by atoms with Gasteiger partial charge in [0.25, 0.3) is 0 Å². The number of rotatable bonds is 6. The zero-order valence-corrected chi connectivity index (χ0v) is 22.2. The summed E-state index contributed by atoms with van der Waals surface area (Å²) in [6, 6.07) is 0. The molecule has 0 unspecified atom stereocenters. The smallest absolute Gasteiger partial charge is 0.372 e. The molecule has 0 radical (unpaired) electrons. The van der Waals surface area contributed by atoms with Gasteiger partial charge in [-0.15, -0.1) is 0 Å². The van der Waals surface area contributed by atoms with Crippen LogP contribution in [0.2, 0.25) is 0 Å². The van der Waals surface area contributed by atoms with E-state index in [1.54, 1.807) is 27.7 Å². The molecule has 0 aliphatic carbocycles. The molecule has 0 aromatic rings. The molecule has 0 aromatic heterocycles. The number of aliphatic carboxylic acids is 3. The standard InChI is InChI=1S/2C8H11NO3.C5H8O3.C4H7NO.2CH4/c2*1-2-6(8(11)12)9-5-3-4-7(9)10;1-3(2)4(6)5(7)8;6-4-2-1-3-5-4;;/h2*2H,3-5H2,1H3,(H,11,12);3H,1-2H3,(H,7,8);1-3H2,(H,5,6);2*1H4/b2*6-2-;;;;. The van der Waals surface area contributed by atoms with Crippen LogP contribution in [0.1, 0.15) is 81.1 Å². The number of carboxylic acid groups (broad SMARTS) is 3. The highest BCUT2D eigenvalue weighted by Gasteiger charge is 2.27. The van der Waals surface area contributed by atoms with Gasteiger partial charge in [0.15, 0.2) is 0 Å². The summed E-state index contributed by atoms with van der Waals surface area (Å²) in [5, 5.41) is 28.1. The van der Waals surface area contributed by atoms with Crippen molar-refractivity contribution in [2.45, 2.75) is 81.1 Å². The molecule has 3 amide bonds. The second-order valence-electron chi connectivity index (χ2n) is 8.53. The van der Waals surface area contributed by atoms with Crippen LogP contribution in [0.3, 0.4) is 0 Å². The number of Topliss-reactive ketones (excluding diaryl/α,β-unsaturated/α-hetero) is 1. The molecule has 3 heterocycles. The maximum absolute atomic E-state index is 11.1. The number of carbonyl (C=O) groups excluding carboxylic acids is 4. The van der Waals surface area contributed by atoms with E-state index in [1.807, 2.05) is 0 Å². The first kappa shape index (κ1) is 40.5. The van der Waals surface area contributed by atoms with Gasteiger partial charge in [-0.05, 0) is 33.1 Å². The fourth-order valence-corrected chi connectivity index (χ4v) is 3.41. The normalized spacial score (nSPS) is 16.2. The van der Waals surface area contributed by atoms with Crippen LogP contribution in [0.4, 0.5) is 0 Å². The number of allylic oxidation sites excluding steroid dienone is 2. The molecule has 3 rings (SSSR count). The Morgan fingerprint density at radius 1 is 0.725 bits per heavy atom. The highest BCUT2D eigenvalue weighted by Crippen LogP contribution is 2.16. The van der Waals surface area contributed by atoms with Crippen molar-refractivity contribution in [3.63, 3.8) is 0 Å². The number of nitrogens with one attached hydrogen (secondary N) is 1. The van der Waals surface area contributed by atoms with E-state index in [4.69, 9.17) is 15.3 Å². The van der Waals surface area contributed by atoms with Gasteiger partial charge in [-0.3, -0.25) is 19.2 Å². The SMILES string of the molecule is C.C.C/C=C(/C(=O)O)N1CCCC1=O.C/C=C(/C(=O)O)N1CCCC1=O.CC(C)C(=O)C(=O)O.O=C1CCCN1. The molecule has 4 N–H and O–H groups in total. The van der Waals surface area contributed by atoms with E-state index in [-0.39, 0.29) is 44.0 Å². The van der Waals surface area contributed by atoms with Crippen molar-refractivity contribution in [1.29, 1.82) is 0 Å². The molecule has 228 valence electrons. The molecule has 0 saturated carbocycles. The van der Waals surface area contributed by atoms with E-state index in [2.05, 4.69) is 5.32 Å². The Morgan fingerprint density at radius 2 is 1.12 bits per heavy atom. The topological polar surface area (TPSA) is 199 Å². The fourth-order valence-electron chi connectivity index (χ4n) is 3.41. The number of nitrogens with zero attached hydrogens (tertiary/aromatic N) is 2. The summed E-state index contributed by atoms with van der Waals surface area (Å²) in [5.41, 5.74) is 0.190. The summed E-state index contributed by atoms with van der Waals surface area (Å²) < 4.78 is 0. The zero-order valence-electron chi connectivity index (χ0n) is 22.2. The molecule has 3 saturated heterocycles. The first-order valence-electron chi connectivity index (χ1n) is 12.2. The van der Waals surface area contributed by atoms with E-state index in [0.717, 1.165) is 32.2 Å². The monoisotopic (exact) mass is 571 g/mol. The van der Waals surface area contributed by atoms with Crippen LogP contribution in [-0.2, 0) is 33.6 Å². The van der Waals surface area contributed by atoms with Crippen LogP contribution in [0, 0.1) is 5.92 Å². The van der Waals surface area contributed by atoms with Crippen molar-refractivity contribution in [2.75, 3.05) is 19.6 Å². The molecule has 13 nitrogen and oxygen atoms in total. The number of hydrogen-bond donors (Lipinski definition) is 4. The quantitative estimate of drug-likeness (QED) is 0.271. The van der Waals surface area contributed by atoms with E-state index < -0.39 is 29.6 Å². The maximum Gasteiger partial charge on any atom is 0.372 e. The van der Waals surface area contributed by atoms with Gasteiger partial charge in [-0.2, -0.15) is 0 Å². The average molecular weight is 572 g/mol. The minimum absolute atomic E-state index is 0. The zero-order chi connectivity index (χ0) is 29.4. The second kappa shape index (κ2) is 20.9. The lowest BCUT2D eigenvalue weighted by molar-refractivity contribution is -0.150. The van der Waals surface area contributed by atoms with Gasteiger partial charge in [0.05, 0.1) is 0 Å². The Labute approximate surface area is 235 Å². The van der Waals surface area contributed by atoms with Gasteiger partial charge < -0.3 is 30.4 Å². The van der Waals surface area contributed by atoms with Gasteiger partial charge in [-0.25, -0.2) is 14.4 Å². The molecule has 13 heteroatoms. The minimum atomic E-state index is -1.35. The minimum Gasteiger partial charge on any atom is -0.477 e. The lowest BCUT2D eigenvalue weighted by atomic mass is 10.1. The average Bonchev–Trinajstić information content (AvgIpc) is 3.59. The van der Waals surface area contributed by atoms with Crippen LogP contribution < -0.4 is 5.32 Å². The summed E-state index contributed by atoms with van der Waals surface area (Å²) in [6.45, 7) is 8.30. The molecule has 0 atom stereocenters. The molecule has 0 spiro atoms. The summed E-state index contributed by atoms with van der Waals surface area (Å²) >= 11 is 0. The first-order chi connectivity index (χ1) is 17.8. The molecular formula is C27H45N3O10. The number of amides is 3. The van der Waals surface area contributed by atoms with Crippen LogP contribution >= 0.6 is 0 Å². The molecule has 3 aliphatic rings. The van der Waals surface area contributed by atoms with Crippen molar-refractivity contribution < 1.29 is 48.9 Å². The molecular weight excluding hydrogens is 526 g/mol. The third kappa shape index (κ3) is 14.2. The van der Waals surface area contributed by atoms with E-state index in [1.165, 1.54) is 22.0 Å². The Hall–Kier alpha value is -4.03. The largest absolute Gasteiger partial charge is 0.477 e. The molecule has 3 aliphatic heterocycles. The number of carboxylic acids is 3. The van der Waals surface area contributed by atoms with E-state index in [9.17, 15) is 33.6 Å². The molecule has 40 heavy (non-hydrogen) atoms. The van der Waals surface area contributed by atoms with Crippen LogP contribution in [0.5, 0.6) is 0 Å². The van der Waals surface area contributed by atoms with Crippen LogP contribution in [-0.4, -0.2) is 86.2 Å². The number of ketones is 1. The molecule has 3 fully saturated rings. The maximum atomic E-state index is 11.1. The first-order valence-corrected chi connectivity index (χ1v) is 12.2. The highest BCUT2D eigenvalue weighted by molar-refractivity contribution is 6.33. The predicted octanol–water partition coefficient (Wildman–Crippen LogP) is 2.66. The van der Waals surface area contributed by atoms with Crippen molar-refractivity contribution in [1.82, 2.24) is 15.1 Å². The highest BCUT2D eigenvalue weighted by atomic mass is 16.4. The Balaban J connectivity index is -0.000000463. The third-order valence-electron chi connectivity index (χ3n) is 5.35. The molecule has 0 aromatic carbocycles. The van der Waals surface area contributed by atoms with E-state index in [0.29, 0.717) is 25.9 Å². The summed E-state index contributed by atoms with van der Waals surface area (Å²) in [5.74, 6) is -4.52. The molecule has 0 bridgehead atoms. The van der Waals surface area contributed by atoms with Crippen molar-refractivity contribution in [2.24, 2.45) is 5.92 Å². The fraction of sp³-hybridized carbons (Fsp3) is 0.593. The summed E-state index contributed by atoms with van der Waals surface area (Å²) in [6.07, 6.45) is 7.10. The third-order valence-corrected chi connectivity index (χ3v) is 5.35. The van der Waals surface area contributed by atoms with E-state index >= 15 is 0 Å². The number of hydrogen-bond acceptors (Lipinski definition) is 7. The second-order valence-corrected chi connectivity index (χ2v) is 8.53. The van der Waals surface area contributed by atoms with Crippen molar-refractivity contribution >= 4 is 41.4 Å². The number of carbonyl (C=O) groups is 7. The summed E-state index contributed by atoms with van der Waals surface area (Å²) in [4.78, 5) is 76.2. The van der Waals surface area contributed by atoms with Crippen LogP contribution in [0.15, 0.2) is 23.5 Å². The predicted molar refractivity (Wildman–Crippen MR) is 148 cm³/mol. The Kier molecular flexibility index (Phi) is 21.1. The lowest BCUT2D eigenvalue weighted by Gasteiger charge is -2.14.